The van der Waals surface area contributed by atoms with Crippen molar-refractivity contribution in [2.45, 2.75) is 25.7 Å². The van der Waals surface area contributed by atoms with Gasteiger partial charge in [-0.25, -0.2) is 0 Å². The summed E-state index contributed by atoms with van der Waals surface area (Å²) < 4.78 is 31.1. The van der Waals surface area contributed by atoms with E-state index in [-0.39, 0.29) is 16.0 Å². The zero-order valence-electron chi connectivity index (χ0n) is 18.4. The van der Waals surface area contributed by atoms with Crippen LogP contribution in [0.2, 0.25) is 0 Å². The fourth-order valence-corrected chi connectivity index (χ4v) is 4.01. The molecular weight excluding hydrogens is 438 g/mol. The Bertz CT molecular complexity index is 1520. The third-order valence-electron chi connectivity index (χ3n) is 5.26. The molecule has 0 aliphatic carbocycles. The number of nitrogens with zero attached hydrogens (tertiary/aromatic N) is 1. The number of aryl methyl sites for hydroxylation is 3. The van der Waals surface area contributed by atoms with Crippen LogP contribution in [0.15, 0.2) is 87.2 Å². The summed E-state index contributed by atoms with van der Waals surface area (Å²) >= 11 is 0. The highest BCUT2D eigenvalue weighted by molar-refractivity contribution is 7.89. The minimum Gasteiger partial charge on any atom is -0.436 e. The number of carbonyl (C=O) groups is 1. The molecule has 0 radical (unpaired) electrons. The molecule has 1 aromatic heterocycles. The molecule has 1 heterocycles. The lowest BCUT2D eigenvalue weighted by molar-refractivity contribution is 0.102. The number of fused-ring (bicyclic) bond motifs is 1. The molecule has 33 heavy (non-hydrogen) atoms. The molecule has 7 nitrogen and oxygen atoms in total. The molecule has 168 valence electrons. The highest BCUT2D eigenvalue weighted by Gasteiger charge is 2.16. The highest BCUT2D eigenvalue weighted by Crippen LogP contribution is 2.17. The first-order valence-electron chi connectivity index (χ1n) is 10.3. The number of para-hydroxylation sites is 1. The number of amides is 1. The number of rotatable bonds is 5. The summed E-state index contributed by atoms with van der Waals surface area (Å²) in [7, 11) is -3.95. The molecule has 0 unspecified atom stereocenters. The molecule has 3 aromatic carbocycles. The van der Waals surface area contributed by atoms with Gasteiger partial charge in [0, 0.05) is 11.1 Å². The van der Waals surface area contributed by atoms with Crippen LogP contribution in [-0.2, 0) is 10.0 Å². The number of benzene rings is 3. The molecule has 4 aromatic rings. The van der Waals surface area contributed by atoms with Crippen molar-refractivity contribution >= 4 is 32.6 Å². The van der Waals surface area contributed by atoms with Gasteiger partial charge < -0.3 is 9.73 Å². The van der Waals surface area contributed by atoms with Gasteiger partial charge in [0.25, 0.3) is 15.9 Å². The predicted molar refractivity (Wildman–Crippen MR) is 127 cm³/mol. The molecule has 8 heteroatoms. The molecule has 2 N–H and O–H groups in total. The van der Waals surface area contributed by atoms with E-state index in [0.29, 0.717) is 16.7 Å². The van der Waals surface area contributed by atoms with E-state index in [4.69, 9.17) is 4.42 Å². The fourth-order valence-electron chi connectivity index (χ4n) is 3.20. The monoisotopic (exact) mass is 461 g/mol. The number of anilines is 1. The topological polar surface area (TPSA) is 101 Å². The van der Waals surface area contributed by atoms with Crippen LogP contribution >= 0.6 is 0 Å². The van der Waals surface area contributed by atoms with Gasteiger partial charge in [0.15, 0.2) is 0 Å². The number of carbonyl (C=O) groups excluding carboxylic acids is 1. The molecule has 0 bridgehead atoms. The summed E-state index contributed by atoms with van der Waals surface area (Å²) in [4.78, 5) is 15.3. The smallest absolute Gasteiger partial charge is 0.276 e. The summed E-state index contributed by atoms with van der Waals surface area (Å²) in [5, 5.41) is 7.47. The molecule has 0 aliphatic heterocycles. The lowest BCUT2D eigenvalue weighted by Gasteiger charge is -2.09. The zero-order chi connectivity index (χ0) is 23.6. The van der Waals surface area contributed by atoms with Crippen LogP contribution in [0.1, 0.15) is 27.0 Å². The summed E-state index contributed by atoms with van der Waals surface area (Å²) in [5.74, 6) is -0.471. The standard InChI is InChI=1S/C25H23N3O4S/c1-16-8-12-21(13-9-16)33(30,31)28-27-25-22(15-19-6-4-5-7-23(19)32-25)24(29)26-20-11-10-17(2)18(3)14-20/h4-15,28H,1-3H3,(H,26,29)/b27-25-. The van der Waals surface area contributed by atoms with Crippen molar-refractivity contribution < 1.29 is 17.6 Å². The average molecular weight is 462 g/mol. The third kappa shape index (κ3) is 4.96. The van der Waals surface area contributed by atoms with E-state index in [1.165, 1.54) is 12.1 Å². The van der Waals surface area contributed by atoms with E-state index in [1.54, 1.807) is 42.5 Å². The Hall–Kier alpha value is -3.91. The van der Waals surface area contributed by atoms with Crippen LogP contribution in [0.4, 0.5) is 5.69 Å². The van der Waals surface area contributed by atoms with Crippen molar-refractivity contribution in [1.82, 2.24) is 4.83 Å². The SMILES string of the molecule is Cc1ccc(S(=O)(=O)N/N=c2\oc3ccccc3cc2C(=O)Nc2ccc(C)c(C)c2)cc1. The van der Waals surface area contributed by atoms with Crippen LogP contribution in [0, 0.1) is 20.8 Å². The largest absolute Gasteiger partial charge is 0.436 e. The number of hydrogen-bond acceptors (Lipinski definition) is 5. The first-order valence-corrected chi connectivity index (χ1v) is 11.7. The lowest BCUT2D eigenvalue weighted by Crippen LogP contribution is -2.27. The van der Waals surface area contributed by atoms with Crippen LogP contribution in [0.25, 0.3) is 11.0 Å². The minimum absolute atomic E-state index is 0.0544. The number of hydrogen-bond donors (Lipinski definition) is 2. The second kappa shape index (κ2) is 8.91. The van der Waals surface area contributed by atoms with Gasteiger partial charge in [-0.15, -0.1) is 5.10 Å². The van der Waals surface area contributed by atoms with E-state index >= 15 is 0 Å². The highest BCUT2D eigenvalue weighted by atomic mass is 32.2. The molecule has 0 spiro atoms. The van der Waals surface area contributed by atoms with Crippen LogP contribution in [0.3, 0.4) is 0 Å². The van der Waals surface area contributed by atoms with Gasteiger partial charge in [-0.05, 0) is 68.3 Å². The Kier molecular flexibility index (Phi) is 6.02. The van der Waals surface area contributed by atoms with Gasteiger partial charge >= 0.3 is 0 Å². The van der Waals surface area contributed by atoms with E-state index in [2.05, 4.69) is 15.2 Å². The summed E-state index contributed by atoms with van der Waals surface area (Å²) in [5.41, 5.74) is 4.10. The molecule has 0 atom stereocenters. The molecular formula is C25H23N3O4S. The van der Waals surface area contributed by atoms with Crippen molar-refractivity contribution in [1.29, 1.82) is 0 Å². The van der Waals surface area contributed by atoms with E-state index in [1.807, 2.05) is 39.0 Å². The maximum absolute atomic E-state index is 13.1. The van der Waals surface area contributed by atoms with Crippen LogP contribution in [0.5, 0.6) is 0 Å². The lowest BCUT2D eigenvalue weighted by atomic mass is 10.1. The number of nitrogens with one attached hydrogen (secondary N) is 2. The van der Waals surface area contributed by atoms with Gasteiger partial charge in [-0.3, -0.25) is 4.79 Å². The maximum atomic E-state index is 13.1. The Morgan fingerprint density at radius 2 is 1.61 bits per heavy atom. The number of sulfonamides is 1. The second-order valence-electron chi connectivity index (χ2n) is 7.78. The Balaban J connectivity index is 1.74. The zero-order valence-corrected chi connectivity index (χ0v) is 19.2. The second-order valence-corrected chi connectivity index (χ2v) is 9.44. The van der Waals surface area contributed by atoms with Crippen LogP contribution in [-0.4, -0.2) is 14.3 Å². The quantitative estimate of drug-likeness (QED) is 0.430. The van der Waals surface area contributed by atoms with Crippen molar-refractivity contribution in [3.8, 4) is 0 Å². The molecule has 0 saturated heterocycles. The molecule has 1 amide bonds. The van der Waals surface area contributed by atoms with Gasteiger partial charge in [0.2, 0.25) is 5.55 Å². The van der Waals surface area contributed by atoms with E-state index < -0.39 is 15.9 Å². The predicted octanol–water partition coefficient (Wildman–Crippen LogP) is 4.40. The molecule has 0 aliphatic rings. The molecule has 0 fully saturated rings. The molecule has 0 saturated carbocycles. The Labute approximate surface area is 191 Å². The van der Waals surface area contributed by atoms with Gasteiger partial charge in [0.05, 0.1) is 4.90 Å². The first kappa shape index (κ1) is 22.3. The van der Waals surface area contributed by atoms with Crippen molar-refractivity contribution in [3.63, 3.8) is 0 Å². The maximum Gasteiger partial charge on any atom is 0.276 e. The summed E-state index contributed by atoms with van der Waals surface area (Å²) in [6.07, 6.45) is 0. The summed E-state index contributed by atoms with van der Waals surface area (Å²) in [6.45, 7) is 5.81. The molecule has 4 rings (SSSR count). The first-order chi connectivity index (χ1) is 15.7. The van der Waals surface area contributed by atoms with Crippen molar-refractivity contribution in [2.24, 2.45) is 5.10 Å². The fraction of sp³-hybridized carbons (Fsp3) is 0.120. The van der Waals surface area contributed by atoms with Crippen molar-refractivity contribution in [3.05, 3.63) is 101 Å². The average Bonchev–Trinajstić information content (AvgIpc) is 2.80. The van der Waals surface area contributed by atoms with Gasteiger partial charge in [-0.1, -0.05) is 42.0 Å². The van der Waals surface area contributed by atoms with E-state index in [0.717, 1.165) is 16.7 Å². The Morgan fingerprint density at radius 3 is 2.33 bits per heavy atom. The van der Waals surface area contributed by atoms with E-state index in [9.17, 15) is 13.2 Å². The third-order valence-corrected chi connectivity index (χ3v) is 6.49. The van der Waals surface area contributed by atoms with Crippen molar-refractivity contribution in [2.75, 3.05) is 5.32 Å². The van der Waals surface area contributed by atoms with Crippen LogP contribution < -0.4 is 15.7 Å². The summed E-state index contributed by atoms with van der Waals surface area (Å²) in [6, 6.07) is 20.7. The van der Waals surface area contributed by atoms with Gasteiger partial charge in [-0.2, -0.15) is 13.2 Å². The normalized spacial score (nSPS) is 12.0. The Morgan fingerprint density at radius 1 is 0.879 bits per heavy atom. The minimum atomic E-state index is -3.95. The van der Waals surface area contributed by atoms with Gasteiger partial charge in [0.1, 0.15) is 11.1 Å².